The van der Waals surface area contributed by atoms with E-state index < -0.39 is 33.2 Å². The van der Waals surface area contributed by atoms with E-state index in [1.54, 1.807) is 0 Å². The quantitative estimate of drug-likeness (QED) is 0.784. The summed E-state index contributed by atoms with van der Waals surface area (Å²) in [6, 6.07) is 1.14. The van der Waals surface area contributed by atoms with Gasteiger partial charge >= 0.3 is 0 Å². The van der Waals surface area contributed by atoms with Gasteiger partial charge in [-0.3, -0.25) is 4.72 Å². The molecule has 0 unspecified atom stereocenters. The van der Waals surface area contributed by atoms with Crippen LogP contribution in [0, 0.1) is 17.5 Å². The summed E-state index contributed by atoms with van der Waals surface area (Å²) < 4.78 is 64.0. The highest BCUT2D eigenvalue weighted by molar-refractivity contribution is 7.92. The molecule has 2 N–H and O–H groups in total. The minimum Gasteiger partial charge on any atom is -0.313 e. The molecule has 1 aromatic rings. The molecule has 1 aromatic carbocycles. The van der Waals surface area contributed by atoms with Gasteiger partial charge in [-0.2, -0.15) is 0 Å². The summed E-state index contributed by atoms with van der Waals surface area (Å²) in [6.45, 7) is 0.227. The number of rotatable bonds is 6. The number of anilines is 1. The summed E-state index contributed by atoms with van der Waals surface area (Å²) >= 11 is 0. The number of hydrogen-bond acceptors (Lipinski definition) is 3. The first kappa shape index (κ1) is 14.1. The maximum atomic E-state index is 13.3. The lowest BCUT2D eigenvalue weighted by molar-refractivity contribution is 0.496. The molecule has 1 saturated carbocycles. The lowest BCUT2D eigenvalue weighted by Crippen LogP contribution is -2.28. The van der Waals surface area contributed by atoms with Crippen LogP contribution in [-0.4, -0.2) is 26.8 Å². The molecule has 0 atom stereocenters. The third-order valence-electron chi connectivity index (χ3n) is 2.66. The maximum Gasteiger partial charge on any atom is 0.234 e. The second-order valence-corrected chi connectivity index (χ2v) is 6.24. The van der Waals surface area contributed by atoms with Crippen LogP contribution in [0.1, 0.15) is 12.8 Å². The van der Waals surface area contributed by atoms with Crippen molar-refractivity contribution >= 4 is 15.7 Å². The number of sulfonamides is 1. The highest BCUT2D eigenvalue weighted by Gasteiger charge is 2.21. The normalized spacial score (nSPS) is 15.5. The Balaban J connectivity index is 2.00. The predicted octanol–water partition coefficient (Wildman–Crippen LogP) is 1.60. The van der Waals surface area contributed by atoms with Crippen LogP contribution >= 0.6 is 0 Å². The number of nitrogens with one attached hydrogen (secondary N) is 2. The average molecular weight is 294 g/mol. The standard InChI is InChI=1S/C11H13F3N2O2S/c12-8-5-10(14)11(6-9(8)13)16-19(17,18)4-3-15-7-1-2-7/h5-7,15-16H,1-4H2. The van der Waals surface area contributed by atoms with Gasteiger partial charge in [0, 0.05) is 24.7 Å². The Morgan fingerprint density at radius 1 is 1.11 bits per heavy atom. The monoisotopic (exact) mass is 294 g/mol. The molecular weight excluding hydrogens is 281 g/mol. The smallest absolute Gasteiger partial charge is 0.234 e. The largest absolute Gasteiger partial charge is 0.313 e. The van der Waals surface area contributed by atoms with E-state index in [1.165, 1.54) is 0 Å². The zero-order valence-corrected chi connectivity index (χ0v) is 10.7. The molecule has 0 heterocycles. The van der Waals surface area contributed by atoms with E-state index in [0.717, 1.165) is 12.8 Å². The highest BCUT2D eigenvalue weighted by atomic mass is 32.2. The molecule has 1 aliphatic rings. The molecule has 19 heavy (non-hydrogen) atoms. The van der Waals surface area contributed by atoms with Crippen molar-refractivity contribution in [1.82, 2.24) is 5.32 Å². The summed E-state index contributed by atoms with van der Waals surface area (Å²) in [5, 5.41) is 2.99. The molecule has 2 rings (SSSR count). The first-order valence-corrected chi connectivity index (χ1v) is 7.41. The molecule has 0 bridgehead atoms. The van der Waals surface area contributed by atoms with Gasteiger partial charge in [-0.1, -0.05) is 0 Å². The van der Waals surface area contributed by atoms with Gasteiger partial charge in [0.1, 0.15) is 5.82 Å². The Morgan fingerprint density at radius 3 is 2.37 bits per heavy atom. The van der Waals surface area contributed by atoms with Gasteiger partial charge in [0.15, 0.2) is 11.6 Å². The summed E-state index contributed by atoms with van der Waals surface area (Å²) in [5.41, 5.74) is -0.592. The molecule has 0 saturated heterocycles. The summed E-state index contributed by atoms with van der Waals surface area (Å²) in [6.07, 6.45) is 2.04. The topological polar surface area (TPSA) is 58.2 Å². The molecule has 4 nitrogen and oxygen atoms in total. The zero-order valence-electron chi connectivity index (χ0n) is 9.92. The van der Waals surface area contributed by atoms with Crippen molar-refractivity contribution < 1.29 is 21.6 Å². The molecule has 0 aromatic heterocycles. The van der Waals surface area contributed by atoms with Crippen LogP contribution in [0.15, 0.2) is 12.1 Å². The fraction of sp³-hybridized carbons (Fsp3) is 0.455. The average Bonchev–Trinajstić information content (AvgIpc) is 3.09. The Kier molecular flexibility index (Phi) is 4.00. The van der Waals surface area contributed by atoms with Crippen molar-refractivity contribution in [3.63, 3.8) is 0 Å². The SMILES string of the molecule is O=S(=O)(CCNC1CC1)Nc1cc(F)c(F)cc1F. The second kappa shape index (κ2) is 5.38. The Morgan fingerprint density at radius 2 is 1.74 bits per heavy atom. The van der Waals surface area contributed by atoms with E-state index in [9.17, 15) is 21.6 Å². The Bertz CT molecular complexity index is 574. The van der Waals surface area contributed by atoms with Gasteiger partial charge in [-0.15, -0.1) is 0 Å². The lowest BCUT2D eigenvalue weighted by atomic mass is 10.3. The number of benzene rings is 1. The number of halogens is 3. The van der Waals surface area contributed by atoms with Crippen LogP contribution in [0.3, 0.4) is 0 Å². The summed E-state index contributed by atoms with van der Waals surface area (Å²) in [7, 11) is -3.80. The number of hydrogen-bond donors (Lipinski definition) is 2. The first-order chi connectivity index (χ1) is 8.87. The van der Waals surface area contributed by atoms with Crippen molar-refractivity contribution in [3.8, 4) is 0 Å². The molecule has 8 heteroatoms. The van der Waals surface area contributed by atoms with Crippen molar-refractivity contribution in [3.05, 3.63) is 29.6 Å². The first-order valence-electron chi connectivity index (χ1n) is 5.76. The third-order valence-corrected chi connectivity index (χ3v) is 3.93. The fourth-order valence-electron chi connectivity index (χ4n) is 1.50. The molecule has 1 fully saturated rings. The van der Waals surface area contributed by atoms with Crippen LogP contribution in [0.25, 0.3) is 0 Å². The van der Waals surface area contributed by atoms with E-state index >= 15 is 0 Å². The van der Waals surface area contributed by atoms with Crippen LogP contribution in [0.2, 0.25) is 0 Å². The second-order valence-electron chi connectivity index (χ2n) is 4.40. The molecular formula is C11H13F3N2O2S. The van der Waals surface area contributed by atoms with Gasteiger partial charge in [0.2, 0.25) is 10.0 Å². The van der Waals surface area contributed by atoms with E-state index in [2.05, 4.69) is 5.32 Å². The maximum absolute atomic E-state index is 13.3. The Labute approximate surface area is 109 Å². The minimum atomic E-state index is -3.80. The van der Waals surface area contributed by atoms with E-state index in [-0.39, 0.29) is 12.3 Å². The van der Waals surface area contributed by atoms with Gasteiger partial charge in [-0.05, 0) is 12.8 Å². The van der Waals surface area contributed by atoms with Gasteiger partial charge in [0.05, 0.1) is 11.4 Å². The van der Waals surface area contributed by atoms with Gasteiger partial charge in [0.25, 0.3) is 0 Å². The molecule has 106 valence electrons. The summed E-state index contributed by atoms with van der Waals surface area (Å²) in [4.78, 5) is 0. The van der Waals surface area contributed by atoms with Crippen molar-refractivity contribution in [2.24, 2.45) is 0 Å². The minimum absolute atomic E-state index is 0.227. The van der Waals surface area contributed by atoms with Crippen LogP contribution in [0.4, 0.5) is 18.9 Å². The fourth-order valence-corrected chi connectivity index (χ4v) is 2.48. The van der Waals surface area contributed by atoms with Crippen molar-refractivity contribution in [1.29, 1.82) is 0 Å². The molecule has 0 aliphatic heterocycles. The van der Waals surface area contributed by atoms with Crippen molar-refractivity contribution in [2.45, 2.75) is 18.9 Å². The van der Waals surface area contributed by atoms with Gasteiger partial charge < -0.3 is 5.32 Å². The molecule has 0 amide bonds. The zero-order chi connectivity index (χ0) is 14.0. The summed E-state index contributed by atoms with van der Waals surface area (Å²) in [5.74, 6) is -4.09. The predicted molar refractivity (Wildman–Crippen MR) is 64.8 cm³/mol. The van der Waals surface area contributed by atoms with Gasteiger partial charge in [-0.25, -0.2) is 21.6 Å². The Hall–Kier alpha value is -1.28. The third kappa shape index (κ3) is 4.10. The van der Waals surface area contributed by atoms with E-state index in [0.29, 0.717) is 18.2 Å². The lowest BCUT2D eigenvalue weighted by Gasteiger charge is -2.09. The molecule has 1 aliphatic carbocycles. The molecule has 0 spiro atoms. The van der Waals surface area contributed by atoms with E-state index in [4.69, 9.17) is 0 Å². The van der Waals surface area contributed by atoms with Crippen LogP contribution < -0.4 is 10.0 Å². The van der Waals surface area contributed by atoms with Crippen LogP contribution in [0.5, 0.6) is 0 Å². The van der Waals surface area contributed by atoms with Crippen molar-refractivity contribution in [2.75, 3.05) is 17.0 Å². The highest BCUT2D eigenvalue weighted by Crippen LogP contribution is 2.20. The van der Waals surface area contributed by atoms with Crippen LogP contribution in [-0.2, 0) is 10.0 Å². The van der Waals surface area contributed by atoms with E-state index in [1.807, 2.05) is 4.72 Å². The molecule has 0 radical (unpaired) electrons.